The summed E-state index contributed by atoms with van der Waals surface area (Å²) < 4.78 is 32.6. The molecule has 0 unspecified atom stereocenters. The number of ether oxygens (including phenoxy) is 1. The van der Waals surface area contributed by atoms with E-state index >= 15 is 0 Å². The van der Waals surface area contributed by atoms with Gasteiger partial charge in [0.25, 0.3) is 15.9 Å². The quantitative estimate of drug-likeness (QED) is 0.743. The molecular formula is C18H18BrNO4S. The number of aryl methyl sites for hydroxylation is 1. The van der Waals surface area contributed by atoms with Crippen molar-refractivity contribution in [3.05, 3.63) is 57.6 Å². The van der Waals surface area contributed by atoms with Crippen LogP contribution in [-0.2, 0) is 10.0 Å². The average molecular weight is 424 g/mol. The van der Waals surface area contributed by atoms with Gasteiger partial charge in [0.2, 0.25) is 0 Å². The lowest BCUT2D eigenvalue weighted by Gasteiger charge is -2.19. The molecule has 1 amide bonds. The third kappa shape index (κ3) is 3.06. The monoisotopic (exact) mass is 423 g/mol. The van der Waals surface area contributed by atoms with Crippen LogP contribution >= 0.6 is 15.9 Å². The summed E-state index contributed by atoms with van der Waals surface area (Å²) >= 11 is 3.53. The second-order valence-electron chi connectivity index (χ2n) is 6.22. The maximum absolute atomic E-state index is 12.5. The van der Waals surface area contributed by atoms with E-state index in [1.165, 1.54) is 12.1 Å². The number of carbonyl (C=O) groups is 1. The van der Waals surface area contributed by atoms with E-state index in [2.05, 4.69) is 29.8 Å². The normalized spacial score (nSPS) is 15.6. The number of carbonyl (C=O) groups excluding carboxylic acids is 1. The molecule has 2 aromatic rings. The van der Waals surface area contributed by atoms with Crippen LogP contribution in [0.15, 0.2) is 45.8 Å². The van der Waals surface area contributed by atoms with Crippen molar-refractivity contribution in [1.29, 1.82) is 0 Å². The van der Waals surface area contributed by atoms with E-state index in [0.29, 0.717) is 5.75 Å². The second-order valence-corrected chi connectivity index (χ2v) is 8.91. The molecule has 0 N–H and O–H groups in total. The second kappa shape index (κ2) is 6.46. The van der Waals surface area contributed by atoms with Gasteiger partial charge in [-0.25, -0.2) is 8.42 Å². The number of hydrogen-bond donors (Lipinski definition) is 0. The van der Waals surface area contributed by atoms with Crippen molar-refractivity contribution in [3.8, 4) is 5.75 Å². The van der Waals surface area contributed by atoms with E-state index in [-0.39, 0.29) is 23.1 Å². The molecule has 0 atom stereocenters. The van der Waals surface area contributed by atoms with Gasteiger partial charge in [-0.15, -0.1) is 0 Å². The van der Waals surface area contributed by atoms with E-state index in [1.54, 1.807) is 12.1 Å². The fourth-order valence-corrected chi connectivity index (χ4v) is 5.10. The zero-order valence-corrected chi connectivity index (χ0v) is 16.5. The number of hydrogen-bond acceptors (Lipinski definition) is 4. The molecule has 1 aliphatic rings. The highest BCUT2D eigenvalue weighted by molar-refractivity contribution is 9.10. The standard InChI is InChI=1S/C18H18BrNO4S/c1-11(2)14-9-16(12(3)8-15(14)19)24-10-20-18(21)13-6-4-5-7-17(13)25(20,22)23/h4-9,11H,10H2,1-3H3. The predicted molar refractivity (Wildman–Crippen MR) is 98.3 cm³/mol. The van der Waals surface area contributed by atoms with E-state index in [1.807, 2.05) is 19.1 Å². The molecule has 0 saturated heterocycles. The molecule has 0 fully saturated rings. The van der Waals surface area contributed by atoms with Crippen LogP contribution in [0.1, 0.15) is 41.3 Å². The Morgan fingerprint density at radius 2 is 1.88 bits per heavy atom. The van der Waals surface area contributed by atoms with Crippen LogP contribution in [0.2, 0.25) is 0 Å². The molecule has 0 aliphatic carbocycles. The fraction of sp³-hybridized carbons (Fsp3) is 0.278. The number of halogens is 1. The summed E-state index contributed by atoms with van der Waals surface area (Å²) in [6.45, 7) is 5.64. The lowest BCUT2D eigenvalue weighted by molar-refractivity contribution is 0.0789. The van der Waals surface area contributed by atoms with Crippen molar-refractivity contribution in [2.45, 2.75) is 31.6 Å². The lowest BCUT2D eigenvalue weighted by atomic mass is 10.0. The maximum atomic E-state index is 12.5. The summed E-state index contributed by atoms with van der Waals surface area (Å²) in [7, 11) is -3.86. The van der Waals surface area contributed by atoms with Crippen LogP contribution < -0.4 is 4.74 Å². The van der Waals surface area contributed by atoms with Crippen molar-refractivity contribution in [2.24, 2.45) is 0 Å². The Morgan fingerprint density at radius 3 is 2.52 bits per heavy atom. The Balaban J connectivity index is 1.88. The van der Waals surface area contributed by atoms with Crippen LogP contribution in [0.25, 0.3) is 0 Å². The van der Waals surface area contributed by atoms with Gasteiger partial charge in [0.15, 0.2) is 6.73 Å². The highest BCUT2D eigenvalue weighted by Crippen LogP contribution is 2.33. The summed E-state index contributed by atoms with van der Waals surface area (Å²) in [4.78, 5) is 12.4. The first-order valence-corrected chi connectivity index (χ1v) is 10.1. The molecule has 1 aliphatic heterocycles. The SMILES string of the molecule is Cc1cc(Br)c(C(C)C)cc1OCN1C(=O)c2ccccc2S1(=O)=O. The van der Waals surface area contributed by atoms with Crippen LogP contribution in [0.5, 0.6) is 5.75 Å². The third-order valence-electron chi connectivity index (χ3n) is 4.17. The van der Waals surface area contributed by atoms with Crippen molar-refractivity contribution in [2.75, 3.05) is 6.73 Å². The van der Waals surface area contributed by atoms with Crippen LogP contribution in [-0.4, -0.2) is 25.4 Å². The Labute approximate surface area is 155 Å². The first-order chi connectivity index (χ1) is 11.7. The van der Waals surface area contributed by atoms with Crippen LogP contribution in [0, 0.1) is 6.92 Å². The molecule has 25 heavy (non-hydrogen) atoms. The number of nitrogens with zero attached hydrogens (tertiary/aromatic N) is 1. The van der Waals surface area contributed by atoms with E-state index in [4.69, 9.17) is 4.74 Å². The largest absolute Gasteiger partial charge is 0.472 e. The van der Waals surface area contributed by atoms with Crippen molar-refractivity contribution < 1.29 is 17.9 Å². The minimum Gasteiger partial charge on any atom is -0.472 e. The van der Waals surface area contributed by atoms with E-state index in [0.717, 1.165) is 19.9 Å². The van der Waals surface area contributed by atoms with E-state index < -0.39 is 15.9 Å². The summed E-state index contributed by atoms with van der Waals surface area (Å²) in [6.07, 6.45) is 0. The highest BCUT2D eigenvalue weighted by Gasteiger charge is 2.41. The third-order valence-corrected chi connectivity index (χ3v) is 6.62. The molecule has 3 rings (SSSR count). The average Bonchev–Trinajstić information content (AvgIpc) is 2.74. The zero-order chi connectivity index (χ0) is 18.4. The van der Waals surface area contributed by atoms with Crippen LogP contribution in [0.3, 0.4) is 0 Å². The number of sulfonamides is 1. The topological polar surface area (TPSA) is 63.7 Å². The minimum atomic E-state index is -3.86. The molecule has 132 valence electrons. The van der Waals surface area contributed by atoms with Gasteiger partial charge in [-0.3, -0.25) is 4.79 Å². The Morgan fingerprint density at radius 1 is 1.20 bits per heavy atom. The molecule has 0 saturated carbocycles. The number of rotatable bonds is 4. The van der Waals surface area contributed by atoms with Crippen molar-refractivity contribution >= 4 is 31.9 Å². The van der Waals surface area contributed by atoms with Gasteiger partial charge >= 0.3 is 0 Å². The van der Waals surface area contributed by atoms with Crippen molar-refractivity contribution in [1.82, 2.24) is 4.31 Å². The zero-order valence-electron chi connectivity index (χ0n) is 14.1. The molecular weight excluding hydrogens is 406 g/mol. The Hall–Kier alpha value is -1.86. The van der Waals surface area contributed by atoms with Gasteiger partial charge in [-0.1, -0.05) is 41.9 Å². The highest BCUT2D eigenvalue weighted by atomic mass is 79.9. The number of amides is 1. The van der Waals surface area contributed by atoms with Gasteiger partial charge in [0.05, 0.1) is 5.56 Å². The van der Waals surface area contributed by atoms with Gasteiger partial charge < -0.3 is 4.74 Å². The smallest absolute Gasteiger partial charge is 0.271 e. The minimum absolute atomic E-state index is 0.0268. The lowest BCUT2D eigenvalue weighted by Crippen LogP contribution is -2.33. The summed E-state index contributed by atoms with van der Waals surface area (Å²) in [5.74, 6) is 0.277. The van der Waals surface area contributed by atoms with Gasteiger partial charge in [0.1, 0.15) is 10.6 Å². The maximum Gasteiger partial charge on any atom is 0.271 e. The fourth-order valence-electron chi connectivity index (χ4n) is 2.75. The molecule has 0 aromatic heterocycles. The Kier molecular flexibility index (Phi) is 4.64. The van der Waals surface area contributed by atoms with Gasteiger partial charge in [-0.05, 0) is 48.2 Å². The molecule has 7 heteroatoms. The van der Waals surface area contributed by atoms with Gasteiger partial charge in [0, 0.05) is 4.47 Å². The molecule has 2 aromatic carbocycles. The molecule has 0 radical (unpaired) electrons. The first kappa shape index (κ1) is 17.9. The molecule has 0 spiro atoms. The number of fused-ring (bicyclic) bond motifs is 1. The Bertz CT molecular complexity index is 954. The summed E-state index contributed by atoms with van der Waals surface area (Å²) in [5.41, 5.74) is 2.10. The van der Waals surface area contributed by atoms with Crippen LogP contribution in [0.4, 0.5) is 0 Å². The molecule has 5 nitrogen and oxygen atoms in total. The molecule has 0 bridgehead atoms. The summed E-state index contributed by atoms with van der Waals surface area (Å²) in [5, 5.41) is 0. The predicted octanol–water partition coefficient (Wildman–Crippen LogP) is 4.06. The molecule has 1 heterocycles. The van der Waals surface area contributed by atoms with Gasteiger partial charge in [-0.2, -0.15) is 4.31 Å². The van der Waals surface area contributed by atoms with E-state index in [9.17, 15) is 13.2 Å². The number of benzene rings is 2. The first-order valence-electron chi connectivity index (χ1n) is 7.82. The van der Waals surface area contributed by atoms with Crippen molar-refractivity contribution in [3.63, 3.8) is 0 Å². The summed E-state index contributed by atoms with van der Waals surface area (Å²) in [6, 6.07) is 10.00.